The minimum Gasteiger partial charge on any atom is -0.342 e. The molecule has 0 amide bonds. The van der Waals surface area contributed by atoms with Crippen molar-refractivity contribution in [2.75, 3.05) is 13.2 Å². The molecule has 6 nitrogen and oxygen atoms in total. The van der Waals surface area contributed by atoms with Crippen molar-refractivity contribution < 1.29 is 18.3 Å². The quantitative estimate of drug-likeness (QED) is 0.846. The molecule has 1 saturated heterocycles. The van der Waals surface area contributed by atoms with E-state index in [1.54, 1.807) is 23.7 Å². The molecule has 22 heavy (non-hydrogen) atoms. The zero-order valence-electron chi connectivity index (χ0n) is 12.2. The van der Waals surface area contributed by atoms with Gasteiger partial charge in [0.2, 0.25) is 10.6 Å². The van der Waals surface area contributed by atoms with Gasteiger partial charge in [-0.15, -0.1) is 0 Å². The number of hydrogen-bond donors (Lipinski definition) is 2. The number of aryl methyl sites for hydroxylation is 1. The first kappa shape index (κ1) is 15.3. The summed E-state index contributed by atoms with van der Waals surface area (Å²) in [6.07, 6.45) is 0. The lowest BCUT2D eigenvalue weighted by Gasteiger charge is -2.31. The number of H-pyrrole nitrogens is 2. The summed E-state index contributed by atoms with van der Waals surface area (Å²) in [5, 5.41) is 5.45. The molecule has 0 saturated carbocycles. The normalized spacial score (nSPS) is 18.0. The minimum atomic E-state index is -3.11. The molecular formula is C13H16F2N4O2S. The largest absolute Gasteiger partial charge is 0.342 e. The van der Waals surface area contributed by atoms with E-state index in [2.05, 4.69) is 15.3 Å². The van der Waals surface area contributed by atoms with Crippen LogP contribution in [0.25, 0.3) is 0 Å². The minimum absolute atomic E-state index is 0.145. The molecule has 0 atom stereocenters. The molecular weight excluding hydrogens is 314 g/mol. The summed E-state index contributed by atoms with van der Waals surface area (Å²) >= 11 is 5.04. The highest BCUT2D eigenvalue weighted by Crippen LogP contribution is 2.40. The van der Waals surface area contributed by atoms with Crippen LogP contribution in [0, 0.1) is 11.7 Å². The van der Waals surface area contributed by atoms with E-state index in [4.69, 9.17) is 21.7 Å². The summed E-state index contributed by atoms with van der Waals surface area (Å²) < 4.78 is 41.4. The molecule has 0 aliphatic carbocycles. The molecule has 0 radical (unpaired) electrons. The van der Waals surface area contributed by atoms with E-state index < -0.39 is 11.7 Å². The molecule has 0 aromatic carbocycles. The number of aromatic nitrogens is 4. The van der Waals surface area contributed by atoms with Crippen LogP contribution in [0.2, 0.25) is 0 Å². The van der Waals surface area contributed by atoms with E-state index in [9.17, 15) is 8.78 Å². The fraction of sp³-hybridized carbons (Fsp3) is 0.538. The molecule has 1 aliphatic heterocycles. The van der Waals surface area contributed by atoms with Crippen molar-refractivity contribution >= 4 is 12.2 Å². The lowest BCUT2D eigenvalue weighted by Crippen LogP contribution is -2.38. The Hall–Kier alpha value is -1.58. The molecule has 0 bridgehead atoms. The van der Waals surface area contributed by atoms with Crippen molar-refractivity contribution in [2.45, 2.75) is 32.1 Å². The lowest BCUT2D eigenvalue weighted by atomic mass is 9.99. The van der Waals surface area contributed by atoms with Gasteiger partial charge in [-0.3, -0.25) is 10.1 Å². The molecule has 1 fully saturated rings. The first-order valence-corrected chi connectivity index (χ1v) is 7.20. The average Bonchev–Trinajstić information content (AvgIpc) is 2.92. The van der Waals surface area contributed by atoms with E-state index in [0.717, 1.165) is 6.92 Å². The highest BCUT2D eigenvalue weighted by atomic mass is 32.1. The molecule has 2 aromatic rings. The monoisotopic (exact) mass is 330 g/mol. The second kappa shape index (κ2) is 5.25. The number of ether oxygens (including phenoxy) is 2. The number of alkyl halides is 2. The molecule has 3 rings (SSSR count). The number of halogens is 2. The van der Waals surface area contributed by atoms with Gasteiger partial charge in [0, 0.05) is 18.2 Å². The van der Waals surface area contributed by atoms with Crippen molar-refractivity contribution in [3.8, 4) is 0 Å². The third-order valence-electron chi connectivity index (χ3n) is 3.52. The van der Waals surface area contributed by atoms with E-state index >= 15 is 0 Å². The molecule has 9 heteroatoms. The zero-order valence-corrected chi connectivity index (χ0v) is 13.0. The van der Waals surface area contributed by atoms with Crippen LogP contribution < -0.4 is 0 Å². The number of aromatic amines is 2. The molecule has 2 N–H and O–H groups in total. The van der Waals surface area contributed by atoms with Crippen molar-refractivity contribution in [3.05, 3.63) is 33.9 Å². The smallest absolute Gasteiger partial charge is 0.287 e. The number of nitrogens with zero attached hydrogens (tertiary/aromatic N) is 2. The van der Waals surface area contributed by atoms with Crippen molar-refractivity contribution in [1.29, 1.82) is 0 Å². The molecule has 1 aliphatic rings. The second-order valence-corrected chi connectivity index (χ2v) is 5.70. The predicted octanol–water partition coefficient (Wildman–Crippen LogP) is 2.59. The van der Waals surface area contributed by atoms with Gasteiger partial charge in [0.25, 0.3) is 5.92 Å². The Labute approximate surface area is 130 Å². The van der Waals surface area contributed by atoms with Gasteiger partial charge in [-0.2, -0.15) is 8.78 Å². The van der Waals surface area contributed by atoms with E-state index in [0.29, 0.717) is 23.7 Å². The summed E-state index contributed by atoms with van der Waals surface area (Å²) in [7, 11) is 0. The van der Waals surface area contributed by atoms with Crippen molar-refractivity contribution in [3.63, 3.8) is 0 Å². The molecule has 0 spiro atoms. The zero-order chi connectivity index (χ0) is 16.0. The number of pyridine rings is 1. The van der Waals surface area contributed by atoms with Gasteiger partial charge in [-0.1, -0.05) is 0 Å². The first-order chi connectivity index (χ1) is 10.3. The second-order valence-electron chi connectivity index (χ2n) is 5.32. The van der Waals surface area contributed by atoms with Crippen LogP contribution in [-0.2, 0) is 27.7 Å². The summed E-state index contributed by atoms with van der Waals surface area (Å²) in [6, 6.07) is 3.24. The van der Waals surface area contributed by atoms with Gasteiger partial charge in [0.1, 0.15) is 12.2 Å². The maximum absolute atomic E-state index is 14.0. The van der Waals surface area contributed by atoms with Crippen LogP contribution in [-0.4, -0.2) is 33.2 Å². The van der Waals surface area contributed by atoms with Crippen LogP contribution in [0.4, 0.5) is 8.78 Å². The van der Waals surface area contributed by atoms with Crippen LogP contribution in [0.3, 0.4) is 0 Å². The molecule has 0 unspecified atom stereocenters. The van der Waals surface area contributed by atoms with Crippen molar-refractivity contribution in [2.24, 2.45) is 0 Å². The van der Waals surface area contributed by atoms with E-state index in [1.807, 2.05) is 0 Å². The van der Waals surface area contributed by atoms with Crippen molar-refractivity contribution in [1.82, 2.24) is 20.0 Å². The van der Waals surface area contributed by atoms with Gasteiger partial charge in [0.15, 0.2) is 0 Å². The Balaban J connectivity index is 2.10. The van der Waals surface area contributed by atoms with Crippen LogP contribution in [0.15, 0.2) is 12.1 Å². The van der Waals surface area contributed by atoms with Crippen LogP contribution in [0.5, 0.6) is 0 Å². The Morgan fingerprint density at radius 1 is 1.41 bits per heavy atom. The third-order valence-corrected chi connectivity index (χ3v) is 3.85. The Morgan fingerprint density at radius 2 is 2.09 bits per heavy atom. The molecule has 120 valence electrons. The fourth-order valence-corrected chi connectivity index (χ4v) is 2.64. The maximum atomic E-state index is 14.0. The predicted molar refractivity (Wildman–Crippen MR) is 76.1 cm³/mol. The lowest BCUT2D eigenvalue weighted by molar-refractivity contribution is -0.182. The first-order valence-electron chi connectivity index (χ1n) is 6.79. The summed E-state index contributed by atoms with van der Waals surface area (Å²) in [6.45, 7) is 3.26. The topological polar surface area (TPSA) is 67.9 Å². The van der Waals surface area contributed by atoms with E-state index in [-0.39, 0.29) is 17.8 Å². The standard InChI is InChI=1S/C13H16F2N4O2S/c1-8-3-4-9(10(16-8)12(2,14)15)13(20-5-6-21-13)7-19-11(22)17-18-19/h3-4,18H,5-7H2,1-2H3,(H,17,22). The van der Waals surface area contributed by atoms with Gasteiger partial charge < -0.3 is 9.47 Å². The van der Waals surface area contributed by atoms with Gasteiger partial charge in [-0.05, 0) is 31.3 Å². The summed E-state index contributed by atoms with van der Waals surface area (Å²) in [5.74, 6) is -4.43. The Kier molecular flexibility index (Phi) is 3.66. The van der Waals surface area contributed by atoms with Crippen LogP contribution >= 0.6 is 12.2 Å². The number of nitrogens with one attached hydrogen (secondary N) is 2. The SMILES string of the molecule is Cc1ccc(C2(Cn3[nH][nH]c3=S)OCCO2)c(C(C)(F)F)n1. The van der Waals surface area contributed by atoms with Gasteiger partial charge in [-0.25, -0.2) is 9.90 Å². The number of rotatable bonds is 4. The highest BCUT2D eigenvalue weighted by Gasteiger charge is 2.45. The fourth-order valence-electron chi connectivity index (χ4n) is 2.49. The summed E-state index contributed by atoms with van der Waals surface area (Å²) in [5.41, 5.74) is 0.390. The Bertz CT molecular complexity index is 725. The van der Waals surface area contributed by atoms with E-state index in [1.165, 1.54) is 0 Å². The van der Waals surface area contributed by atoms with Gasteiger partial charge in [0.05, 0.1) is 13.2 Å². The molecule has 2 aromatic heterocycles. The third kappa shape index (κ3) is 2.59. The highest BCUT2D eigenvalue weighted by molar-refractivity contribution is 7.71. The molecule has 3 heterocycles. The average molecular weight is 330 g/mol. The van der Waals surface area contributed by atoms with Gasteiger partial charge >= 0.3 is 0 Å². The Morgan fingerprint density at radius 3 is 2.59 bits per heavy atom. The number of hydrogen-bond acceptors (Lipinski definition) is 4. The maximum Gasteiger partial charge on any atom is 0.287 e. The summed E-state index contributed by atoms with van der Waals surface area (Å²) in [4.78, 5) is 4.01. The van der Waals surface area contributed by atoms with Crippen LogP contribution in [0.1, 0.15) is 23.9 Å².